The maximum absolute atomic E-state index is 13.9. The van der Waals surface area contributed by atoms with E-state index in [1.54, 1.807) is 12.1 Å². The van der Waals surface area contributed by atoms with Crippen LogP contribution in [0.5, 0.6) is 0 Å². The van der Waals surface area contributed by atoms with Crippen molar-refractivity contribution in [2.45, 2.75) is 18.9 Å². The standard InChI is InChI=1S/C15H11BrF3N/c16-11-7-12(18)15-10(14(11)19)5-6-13(20-15)8-1-3-9(17)4-2-8/h1-4,7,13,20H,5-6H2. The number of nitrogens with one attached hydrogen (secondary N) is 1. The van der Waals surface area contributed by atoms with Crippen LogP contribution in [0.25, 0.3) is 0 Å². The predicted octanol–water partition coefficient (Wildman–Crippen LogP) is 4.97. The number of rotatable bonds is 1. The number of halogens is 4. The fourth-order valence-electron chi connectivity index (χ4n) is 2.52. The summed E-state index contributed by atoms with van der Waals surface area (Å²) in [4.78, 5) is 0. The molecule has 0 saturated heterocycles. The first kappa shape index (κ1) is 13.5. The minimum absolute atomic E-state index is 0.135. The van der Waals surface area contributed by atoms with E-state index in [9.17, 15) is 13.2 Å². The summed E-state index contributed by atoms with van der Waals surface area (Å²) < 4.78 is 40.9. The van der Waals surface area contributed by atoms with E-state index in [-0.39, 0.29) is 22.0 Å². The van der Waals surface area contributed by atoms with Gasteiger partial charge in [0.15, 0.2) is 0 Å². The van der Waals surface area contributed by atoms with Crippen LogP contribution >= 0.6 is 15.9 Å². The first-order valence-electron chi connectivity index (χ1n) is 6.24. The molecule has 0 amide bonds. The van der Waals surface area contributed by atoms with Crippen LogP contribution in [-0.2, 0) is 6.42 Å². The molecule has 0 aliphatic carbocycles. The molecule has 1 aliphatic rings. The molecule has 2 aromatic carbocycles. The van der Waals surface area contributed by atoms with Gasteiger partial charge in [-0.25, -0.2) is 13.2 Å². The van der Waals surface area contributed by atoms with E-state index in [2.05, 4.69) is 21.2 Å². The SMILES string of the molecule is Fc1ccc(C2CCc3c(F)c(Br)cc(F)c3N2)cc1. The van der Waals surface area contributed by atoms with Gasteiger partial charge in [0.2, 0.25) is 0 Å². The van der Waals surface area contributed by atoms with Crippen LogP contribution in [-0.4, -0.2) is 0 Å². The second-order valence-electron chi connectivity index (χ2n) is 4.79. The fraction of sp³-hybridized carbons (Fsp3) is 0.200. The van der Waals surface area contributed by atoms with Crippen molar-refractivity contribution >= 4 is 21.6 Å². The Labute approximate surface area is 122 Å². The molecule has 0 aromatic heterocycles. The topological polar surface area (TPSA) is 12.0 Å². The van der Waals surface area contributed by atoms with Crippen LogP contribution < -0.4 is 5.32 Å². The van der Waals surface area contributed by atoms with Gasteiger partial charge in [0.25, 0.3) is 0 Å². The number of anilines is 1. The average Bonchev–Trinajstić information content (AvgIpc) is 2.45. The van der Waals surface area contributed by atoms with Crippen molar-refractivity contribution in [2.24, 2.45) is 0 Å². The van der Waals surface area contributed by atoms with Gasteiger partial charge in [0.05, 0.1) is 16.2 Å². The zero-order valence-electron chi connectivity index (χ0n) is 10.4. The van der Waals surface area contributed by atoms with Crippen LogP contribution in [0.1, 0.15) is 23.6 Å². The Morgan fingerprint density at radius 1 is 1.10 bits per heavy atom. The van der Waals surface area contributed by atoms with Gasteiger partial charge in [0.1, 0.15) is 17.5 Å². The Kier molecular flexibility index (Phi) is 3.46. The Bertz CT molecular complexity index is 655. The third-order valence-electron chi connectivity index (χ3n) is 3.54. The van der Waals surface area contributed by atoms with Gasteiger partial charge in [-0.1, -0.05) is 12.1 Å². The maximum atomic E-state index is 13.9. The van der Waals surface area contributed by atoms with Crippen molar-refractivity contribution in [3.63, 3.8) is 0 Å². The molecule has 1 heterocycles. The monoisotopic (exact) mass is 341 g/mol. The molecule has 2 aromatic rings. The number of hydrogen-bond acceptors (Lipinski definition) is 1. The molecule has 1 nitrogen and oxygen atoms in total. The van der Waals surface area contributed by atoms with E-state index in [4.69, 9.17) is 0 Å². The zero-order valence-corrected chi connectivity index (χ0v) is 12.0. The van der Waals surface area contributed by atoms with Gasteiger partial charge in [0, 0.05) is 5.56 Å². The molecule has 0 saturated carbocycles. The third-order valence-corrected chi connectivity index (χ3v) is 4.12. The zero-order chi connectivity index (χ0) is 14.3. The van der Waals surface area contributed by atoms with Crippen molar-refractivity contribution in [3.05, 3.63) is 63.4 Å². The lowest BCUT2D eigenvalue weighted by Crippen LogP contribution is -2.20. The highest BCUT2D eigenvalue weighted by atomic mass is 79.9. The number of benzene rings is 2. The molecular formula is C15H11BrF3N. The van der Waals surface area contributed by atoms with Crippen molar-refractivity contribution in [1.82, 2.24) is 0 Å². The molecule has 104 valence electrons. The third kappa shape index (κ3) is 2.30. The molecule has 0 fully saturated rings. The van der Waals surface area contributed by atoms with E-state index in [0.29, 0.717) is 18.4 Å². The van der Waals surface area contributed by atoms with E-state index in [1.807, 2.05) is 0 Å². The van der Waals surface area contributed by atoms with Crippen molar-refractivity contribution in [2.75, 3.05) is 5.32 Å². The van der Waals surface area contributed by atoms with E-state index in [1.165, 1.54) is 12.1 Å². The molecule has 1 atom stereocenters. The summed E-state index contributed by atoms with van der Waals surface area (Å²) in [5.74, 6) is -1.22. The highest BCUT2D eigenvalue weighted by molar-refractivity contribution is 9.10. The summed E-state index contributed by atoms with van der Waals surface area (Å²) in [6.45, 7) is 0. The van der Waals surface area contributed by atoms with E-state index >= 15 is 0 Å². The molecule has 1 unspecified atom stereocenters. The smallest absolute Gasteiger partial charge is 0.147 e. The number of fused-ring (bicyclic) bond motifs is 1. The van der Waals surface area contributed by atoms with Gasteiger partial charge in [-0.3, -0.25) is 0 Å². The Hall–Kier alpha value is -1.49. The van der Waals surface area contributed by atoms with Crippen LogP contribution in [0.15, 0.2) is 34.8 Å². The number of hydrogen-bond donors (Lipinski definition) is 1. The predicted molar refractivity (Wildman–Crippen MR) is 75.1 cm³/mol. The summed E-state index contributed by atoms with van der Waals surface area (Å²) in [6.07, 6.45) is 1.07. The highest BCUT2D eigenvalue weighted by Gasteiger charge is 2.25. The normalized spacial score (nSPS) is 17.5. The first-order chi connectivity index (χ1) is 9.56. The lowest BCUT2D eigenvalue weighted by molar-refractivity contribution is 0.551. The molecule has 1 N–H and O–H groups in total. The Balaban J connectivity index is 1.96. The van der Waals surface area contributed by atoms with E-state index in [0.717, 1.165) is 11.6 Å². The van der Waals surface area contributed by atoms with Crippen LogP contribution in [0.2, 0.25) is 0 Å². The van der Waals surface area contributed by atoms with Gasteiger partial charge in [-0.15, -0.1) is 0 Å². The minimum Gasteiger partial charge on any atom is -0.376 e. The summed E-state index contributed by atoms with van der Waals surface area (Å²) in [5, 5.41) is 3.01. The molecule has 3 rings (SSSR count). The molecule has 0 radical (unpaired) electrons. The van der Waals surface area contributed by atoms with Crippen LogP contribution in [0, 0.1) is 17.5 Å². The van der Waals surface area contributed by atoms with Crippen LogP contribution in [0.4, 0.5) is 18.9 Å². The fourth-order valence-corrected chi connectivity index (χ4v) is 2.96. The van der Waals surface area contributed by atoms with Gasteiger partial charge in [-0.2, -0.15) is 0 Å². The van der Waals surface area contributed by atoms with Crippen LogP contribution in [0.3, 0.4) is 0 Å². The van der Waals surface area contributed by atoms with Crippen molar-refractivity contribution in [1.29, 1.82) is 0 Å². The summed E-state index contributed by atoms with van der Waals surface area (Å²) in [5.41, 5.74) is 1.42. The summed E-state index contributed by atoms with van der Waals surface area (Å²) in [7, 11) is 0. The Morgan fingerprint density at radius 2 is 1.80 bits per heavy atom. The van der Waals surface area contributed by atoms with Gasteiger partial charge < -0.3 is 5.32 Å². The second-order valence-corrected chi connectivity index (χ2v) is 5.65. The lowest BCUT2D eigenvalue weighted by atomic mass is 9.93. The largest absolute Gasteiger partial charge is 0.376 e. The summed E-state index contributed by atoms with van der Waals surface area (Å²) in [6, 6.07) is 7.03. The maximum Gasteiger partial charge on any atom is 0.147 e. The minimum atomic E-state index is -0.486. The first-order valence-corrected chi connectivity index (χ1v) is 7.04. The van der Waals surface area contributed by atoms with Gasteiger partial charge >= 0.3 is 0 Å². The molecular weight excluding hydrogens is 331 g/mol. The lowest BCUT2D eigenvalue weighted by Gasteiger charge is -2.28. The van der Waals surface area contributed by atoms with Crippen molar-refractivity contribution in [3.8, 4) is 0 Å². The van der Waals surface area contributed by atoms with Gasteiger partial charge in [-0.05, 0) is 52.5 Å². The summed E-state index contributed by atoms with van der Waals surface area (Å²) >= 11 is 3.01. The average molecular weight is 342 g/mol. The molecule has 20 heavy (non-hydrogen) atoms. The molecule has 0 spiro atoms. The second kappa shape index (κ2) is 5.13. The van der Waals surface area contributed by atoms with E-state index < -0.39 is 11.6 Å². The van der Waals surface area contributed by atoms with Crippen molar-refractivity contribution < 1.29 is 13.2 Å². The Morgan fingerprint density at radius 3 is 2.50 bits per heavy atom. The molecule has 0 bridgehead atoms. The quantitative estimate of drug-likeness (QED) is 0.722. The highest BCUT2D eigenvalue weighted by Crippen LogP contribution is 2.38. The molecule has 1 aliphatic heterocycles. The molecule has 5 heteroatoms.